The van der Waals surface area contributed by atoms with Crippen molar-refractivity contribution in [1.29, 1.82) is 0 Å². The van der Waals surface area contributed by atoms with Gasteiger partial charge in [0, 0.05) is 44.2 Å². The number of nitrogens with zero attached hydrogens (tertiary/aromatic N) is 2. The monoisotopic (exact) mass is 425 g/mol. The molecule has 2 aromatic rings. The number of nitrogens with one attached hydrogen (secondary N) is 3. The van der Waals surface area contributed by atoms with Gasteiger partial charge in [0.05, 0.1) is 5.56 Å². The predicted molar refractivity (Wildman–Crippen MR) is 129 cm³/mol. The van der Waals surface area contributed by atoms with Crippen LogP contribution in [-0.2, 0) is 6.42 Å². The number of hydrogen-bond donors (Lipinski definition) is 3. The van der Waals surface area contributed by atoms with Gasteiger partial charge in [0.25, 0.3) is 5.91 Å². The normalized spacial score (nSPS) is 10.6. The fourth-order valence-electron chi connectivity index (χ4n) is 3.27. The Labute approximate surface area is 185 Å². The average Bonchev–Trinajstić information content (AvgIpc) is 2.76. The number of anilines is 3. The van der Waals surface area contributed by atoms with Gasteiger partial charge >= 0.3 is 6.03 Å². The van der Waals surface area contributed by atoms with Crippen molar-refractivity contribution >= 4 is 29.0 Å². The summed E-state index contributed by atoms with van der Waals surface area (Å²) in [6.45, 7) is 9.56. The highest BCUT2D eigenvalue weighted by molar-refractivity contribution is 6.03. The van der Waals surface area contributed by atoms with E-state index in [1.807, 2.05) is 49.3 Å². The number of urea groups is 1. The molecule has 2 aromatic carbocycles. The molecule has 0 aromatic heterocycles. The molecule has 0 saturated carbocycles. The quantitative estimate of drug-likeness (QED) is 0.537. The number of carbonyl (C=O) groups is 2. The van der Waals surface area contributed by atoms with Gasteiger partial charge in [-0.15, -0.1) is 0 Å². The molecule has 3 amide bonds. The summed E-state index contributed by atoms with van der Waals surface area (Å²) in [5.74, 6) is -0.157. The van der Waals surface area contributed by atoms with Crippen LogP contribution < -0.4 is 20.9 Å². The minimum Gasteiger partial charge on any atom is -0.377 e. The third-order valence-electron chi connectivity index (χ3n) is 5.21. The van der Waals surface area contributed by atoms with Crippen molar-refractivity contribution in [2.75, 3.05) is 55.8 Å². The lowest BCUT2D eigenvalue weighted by Crippen LogP contribution is -2.35. The van der Waals surface area contributed by atoms with Gasteiger partial charge in [-0.05, 0) is 55.4 Å². The maximum absolute atomic E-state index is 12.8. The fourth-order valence-corrected chi connectivity index (χ4v) is 3.27. The van der Waals surface area contributed by atoms with E-state index in [-0.39, 0.29) is 11.9 Å². The van der Waals surface area contributed by atoms with Crippen LogP contribution in [0.1, 0.15) is 36.7 Å². The average molecular weight is 426 g/mol. The van der Waals surface area contributed by atoms with E-state index in [1.54, 1.807) is 12.1 Å². The molecule has 0 spiro atoms. The Bertz CT molecular complexity index is 861. The summed E-state index contributed by atoms with van der Waals surface area (Å²) in [7, 11) is 3.78. The van der Waals surface area contributed by atoms with Crippen molar-refractivity contribution in [2.45, 2.75) is 27.2 Å². The summed E-state index contributed by atoms with van der Waals surface area (Å²) >= 11 is 0. The number of benzene rings is 2. The summed E-state index contributed by atoms with van der Waals surface area (Å²) in [5, 5.41) is 8.63. The van der Waals surface area contributed by atoms with Gasteiger partial charge in [0.1, 0.15) is 0 Å². The molecule has 3 N–H and O–H groups in total. The molecule has 31 heavy (non-hydrogen) atoms. The maximum Gasteiger partial charge on any atom is 0.323 e. The molecule has 0 heterocycles. The Morgan fingerprint density at radius 2 is 1.48 bits per heavy atom. The Kier molecular flexibility index (Phi) is 9.34. The first kappa shape index (κ1) is 24.2. The molecule has 0 unspecified atom stereocenters. The van der Waals surface area contributed by atoms with Crippen LogP contribution in [0.25, 0.3) is 0 Å². The van der Waals surface area contributed by atoms with Crippen molar-refractivity contribution in [3.8, 4) is 0 Å². The molecule has 0 radical (unpaired) electrons. The summed E-state index contributed by atoms with van der Waals surface area (Å²) in [6, 6.07) is 12.7. The number of likely N-dealkylation sites (N-methyl/N-ethyl adjacent to an activating group) is 1. The first-order valence-electron chi connectivity index (χ1n) is 10.9. The molecule has 2 rings (SSSR count). The highest BCUT2D eigenvalue weighted by Crippen LogP contribution is 2.23. The summed E-state index contributed by atoms with van der Waals surface area (Å²) in [5.41, 5.74) is 3.80. The Morgan fingerprint density at radius 3 is 2.06 bits per heavy atom. The topological polar surface area (TPSA) is 76.7 Å². The second-order valence-electron chi connectivity index (χ2n) is 7.54. The van der Waals surface area contributed by atoms with Crippen LogP contribution in [0, 0.1) is 0 Å². The van der Waals surface area contributed by atoms with Crippen LogP contribution in [0.5, 0.6) is 0 Å². The predicted octanol–water partition coefficient (Wildman–Crippen LogP) is 4.03. The van der Waals surface area contributed by atoms with Crippen LogP contribution in [-0.4, -0.2) is 57.1 Å². The van der Waals surface area contributed by atoms with E-state index in [0.717, 1.165) is 31.7 Å². The lowest BCUT2D eigenvalue weighted by Gasteiger charge is -2.20. The van der Waals surface area contributed by atoms with Crippen molar-refractivity contribution in [1.82, 2.24) is 10.2 Å². The lowest BCUT2D eigenvalue weighted by molar-refractivity contribution is 0.0949. The van der Waals surface area contributed by atoms with Crippen LogP contribution in [0.2, 0.25) is 0 Å². The largest absolute Gasteiger partial charge is 0.377 e. The lowest BCUT2D eigenvalue weighted by atomic mass is 10.1. The molecule has 0 fully saturated rings. The van der Waals surface area contributed by atoms with E-state index < -0.39 is 0 Å². The molecule has 7 nitrogen and oxygen atoms in total. The number of carbonyl (C=O) groups excluding carboxylic acids is 2. The highest BCUT2D eigenvalue weighted by atomic mass is 16.2. The third kappa shape index (κ3) is 7.29. The Hall–Kier alpha value is -3.06. The van der Waals surface area contributed by atoms with E-state index in [1.165, 1.54) is 5.56 Å². The Morgan fingerprint density at radius 1 is 0.871 bits per heavy atom. The van der Waals surface area contributed by atoms with Gasteiger partial charge in [0.2, 0.25) is 0 Å². The first-order valence-corrected chi connectivity index (χ1v) is 10.9. The van der Waals surface area contributed by atoms with E-state index in [4.69, 9.17) is 0 Å². The summed E-state index contributed by atoms with van der Waals surface area (Å²) < 4.78 is 0. The van der Waals surface area contributed by atoms with E-state index in [0.29, 0.717) is 23.5 Å². The van der Waals surface area contributed by atoms with Gasteiger partial charge in [-0.3, -0.25) is 4.79 Å². The zero-order valence-electron chi connectivity index (χ0n) is 19.3. The SMILES string of the molecule is CCc1ccc(NC(=O)Nc2ccc(N(C)C)c(C(=O)NCCN(CC)CC)c2)cc1. The minimum atomic E-state index is -0.352. The van der Waals surface area contributed by atoms with Gasteiger partial charge in [-0.2, -0.15) is 0 Å². The molecule has 168 valence electrons. The summed E-state index contributed by atoms with van der Waals surface area (Å²) in [4.78, 5) is 29.4. The molecular weight excluding hydrogens is 390 g/mol. The van der Waals surface area contributed by atoms with Crippen LogP contribution >= 0.6 is 0 Å². The van der Waals surface area contributed by atoms with E-state index in [2.05, 4.69) is 41.6 Å². The Balaban J connectivity index is 2.07. The second kappa shape index (κ2) is 12.0. The van der Waals surface area contributed by atoms with Crippen LogP contribution in [0.3, 0.4) is 0 Å². The van der Waals surface area contributed by atoms with Gasteiger partial charge < -0.3 is 25.8 Å². The van der Waals surface area contributed by atoms with Crippen LogP contribution in [0.15, 0.2) is 42.5 Å². The molecule has 7 heteroatoms. The number of hydrogen-bond acceptors (Lipinski definition) is 4. The molecule has 0 bridgehead atoms. The van der Waals surface area contributed by atoms with Crippen molar-refractivity contribution in [2.24, 2.45) is 0 Å². The van der Waals surface area contributed by atoms with Crippen molar-refractivity contribution < 1.29 is 9.59 Å². The molecule has 0 atom stereocenters. The third-order valence-corrected chi connectivity index (χ3v) is 5.21. The van der Waals surface area contributed by atoms with Crippen molar-refractivity contribution in [3.63, 3.8) is 0 Å². The molecule has 0 aliphatic carbocycles. The molecular formula is C24H35N5O2. The van der Waals surface area contributed by atoms with Gasteiger partial charge in [-0.25, -0.2) is 4.79 Å². The standard InChI is InChI=1S/C24H35N5O2/c1-6-18-9-11-19(12-10-18)26-24(31)27-20-13-14-22(28(4)5)21(17-20)23(30)25-15-16-29(7-2)8-3/h9-14,17H,6-8,15-16H2,1-5H3,(H,25,30)(H2,26,27,31). The highest BCUT2D eigenvalue weighted by Gasteiger charge is 2.15. The van der Waals surface area contributed by atoms with Gasteiger partial charge in [0.15, 0.2) is 0 Å². The first-order chi connectivity index (χ1) is 14.9. The van der Waals surface area contributed by atoms with E-state index in [9.17, 15) is 9.59 Å². The van der Waals surface area contributed by atoms with E-state index >= 15 is 0 Å². The van der Waals surface area contributed by atoms with Crippen LogP contribution in [0.4, 0.5) is 21.9 Å². The second-order valence-corrected chi connectivity index (χ2v) is 7.54. The van der Waals surface area contributed by atoms with Gasteiger partial charge in [-0.1, -0.05) is 32.9 Å². The summed E-state index contributed by atoms with van der Waals surface area (Å²) in [6.07, 6.45) is 0.949. The van der Waals surface area contributed by atoms with Crippen molar-refractivity contribution in [3.05, 3.63) is 53.6 Å². The maximum atomic E-state index is 12.8. The molecule has 0 saturated heterocycles. The number of rotatable bonds is 10. The molecule has 0 aliphatic rings. The smallest absolute Gasteiger partial charge is 0.323 e. The zero-order chi connectivity index (χ0) is 22.8. The molecule has 0 aliphatic heterocycles. The number of aryl methyl sites for hydroxylation is 1. The zero-order valence-corrected chi connectivity index (χ0v) is 19.3. The minimum absolute atomic E-state index is 0.157. The fraction of sp³-hybridized carbons (Fsp3) is 0.417. The number of amides is 3.